The van der Waals surface area contributed by atoms with E-state index >= 15 is 0 Å². The van der Waals surface area contributed by atoms with Crippen molar-refractivity contribution in [2.75, 3.05) is 11.5 Å². The average Bonchev–Trinajstić information content (AvgIpc) is 3.26. The highest BCUT2D eigenvalue weighted by Crippen LogP contribution is 2.41. The SMILES string of the molecule is CC(=O)OC(NC(=O)C(=NOCc1ccccc1)c1csc(N)n1)C1=C(C(=O)O)N2C(=O)C[C@H]2SC1. The maximum Gasteiger partial charge on any atom is 0.352 e. The summed E-state index contributed by atoms with van der Waals surface area (Å²) < 4.78 is 5.27. The Bertz CT molecular complexity index is 1260. The fourth-order valence-corrected chi connectivity index (χ4v) is 5.37. The topological polar surface area (TPSA) is 174 Å². The Morgan fingerprint density at radius 3 is 2.69 bits per heavy atom. The first-order chi connectivity index (χ1) is 17.2. The Morgan fingerprint density at radius 2 is 2.08 bits per heavy atom. The number of thiazole rings is 1. The highest BCUT2D eigenvalue weighted by molar-refractivity contribution is 8.00. The smallest absolute Gasteiger partial charge is 0.352 e. The van der Waals surface area contributed by atoms with Gasteiger partial charge in [-0.15, -0.1) is 23.1 Å². The number of amides is 2. The number of hydrogen-bond donors (Lipinski definition) is 3. The molecule has 2 amide bonds. The van der Waals surface area contributed by atoms with Crippen molar-refractivity contribution in [2.24, 2.45) is 5.16 Å². The van der Waals surface area contributed by atoms with E-state index in [0.29, 0.717) is 0 Å². The van der Waals surface area contributed by atoms with Crippen molar-refractivity contribution in [2.45, 2.75) is 31.6 Å². The molecule has 3 heterocycles. The molecule has 4 N–H and O–H groups in total. The van der Waals surface area contributed by atoms with Crippen LogP contribution in [0.15, 0.2) is 52.1 Å². The number of nitrogen functional groups attached to an aromatic ring is 1. The maximum absolute atomic E-state index is 13.3. The van der Waals surface area contributed by atoms with Gasteiger partial charge >= 0.3 is 11.9 Å². The molecule has 1 aromatic carbocycles. The van der Waals surface area contributed by atoms with Gasteiger partial charge in [-0.25, -0.2) is 9.78 Å². The lowest BCUT2D eigenvalue weighted by Gasteiger charge is -2.44. The first-order valence-corrected chi connectivity index (χ1v) is 12.5. The highest BCUT2D eigenvalue weighted by atomic mass is 32.2. The molecule has 14 heteroatoms. The summed E-state index contributed by atoms with van der Waals surface area (Å²) in [6.45, 7) is 1.18. The number of thioether (sulfide) groups is 1. The molecule has 0 bridgehead atoms. The van der Waals surface area contributed by atoms with Crippen LogP contribution in [0.5, 0.6) is 0 Å². The zero-order valence-corrected chi connectivity index (χ0v) is 20.5. The van der Waals surface area contributed by atoms with Crippen molar-refractivity contribution in [3.8, 4) is 0 Å². The van der Waals surface area contributed by atoms with E-state index in [1.54, 1.807) is 0 Å². The number of anilines is 1. The predicted molar refractivity (Wildman–Crippen MR) is 130 cm³/mol. The van der Waals surface area contributed by atoms with Crippen LogP contribution < -0.4 is 11.1 Å². The number of nitrogens with zero attached hydrogens (tertiary/aromatic N) is 3. The fraction of sp³-hybridized carbons (Fsp3) is 0.273. The molecule has 36 heavy (non-hydrogen) atoms. The molecule has 1 aromatic heterocycles. The summed E-state index contributed by atoms with van der Waals surface area (Å²) in [4.78, 5) is 59.8. The molecule has 2 aliphatic rings. The molecule has 2 aliphatic heterocycles. The van der Waals surface area contributed by atoms with Crippen LogP contribution in [-0.4, -0.2) is 61.8 Å². The molecule has 4 rings (SSSR count). The molecular formula is C22H21N5O7S2. The van der Waals surface area contributed by atoms with Crippen LogP contribution in [0.3, 0.4) is 0 Å². The second-order valence-electron chi connectivity index (χ2n) is 7.65. The Kier molecular flexibility index (Phi) is 7.55. The Morgan fingerprint density at radius 1 is 1.33 bits per heavy atom. The van der Waals surface area contributed by atoms with Gasteiger partial charge in [0.05, 0.1) is 11.8 Å². The van der Waals surface area contributed by atoms with Gasteiger partial charge in [-0.05, 0) is 5.56 Å². The monoisotopic (exact) mass is 531 g/mol. The molecule has 2 aromatic rings. The van der Waals surface area contributed by atoms with Crippen LogP contribution in [0.4, 0.5) is 5.13 Å². The van der Waals surface area contributed by atoms with Gasteiger partial charge in [0.2, 0.25) is 12.1 Å². The second kappa shape index (κ2) is 10.8. The van der Waals surface area contributed by atoms with Crippen molar-refractivity contribution in [3.05, 3.63) is 58.2 Å². The summed E-state index contributed by atoms with van der Waals surface area (Å²) in [6.07, 6.45) is -1.27. The number of carboxylic acid groups (broad SMARTS) is 1. The van der Waals surface area contributed by atoms with Crippen LogP contribution in [-0.2, 0) is 35.4 Å². The van der Waals surface area contributed by atoms with Crippen molar-refractivity contribution in [1.82, 2.24) is 15.2 Å². The third-order valence-electron chi connectivity index (χ3n) is 5.16. The lowest BCUT2D eigenvalue weighted by atomic mass is 10.1. The van der Waals surface area contributed by atoms with E-state index in [1.807, 2.05) is 30.3 Å². The number of aromatic nitrogens is 1. The van der Waals surface area contributed by atoms with E-state index < -0.39 is 24.1 Å². The number of carbonyl (C=O) groups is 4. The Labute approximate surface area is 213 Å². The Balaban J connectivity index is 1.63. The number of carbonyl (C=O) groups excluding carboxylic acids is 3. The Hall–Kier alpha value is -3.91. The lowest BCUT2D eigenvalue weighted by Crippen LogP contribution is -2.56. The minimum absolute atomic E-state index is 0.0581. The minimum atomic E-state index is -1.47. The number of esters is 1. The highest BCUT2D eigenvalue weighted by Gasteiger charge is 2.47. The van der Waals surface area contributed by atoms with Crippen molar-refractivity contribution in [3.63, 3.8) is 0 Å². The minimum Gasteiger partial charge on any atom is -0.477 e. The summed E-state index contributed by atoms with van der Waals surface area (Å²) >= 11 is 2.39. The number of benzene rings is 1. The number of hydrogen-bond acceptors (Lipinski definition) is 11. The summed E-state index contributed by atoms with van der Waals surface area (Å²) in [7, 11) is 0. The van der Waals surface area contributed by atoms with E-state index in [4.69, 9.17) is 15.3 Å². The standard InChI is InChI=1S/C22H21N5O7S2/c1-11(28)34-20(13-9-35-16-7-15(29)27(16)18(13)21(31)32)25-19(30)17(14-10-36-22(23)24-14)26-33-8-12-5-3-2-4-6-12/h2-6,10,16,20H,7-9H2,1H3,(H2,23,24)(H,25,30)(H,31,32)/t16-,20?/m1/s1. The number of nitrogens with one attached hydrogen (secondary N) is 1. The van der Waals surface area contributed by atoms with E-state index in [0.717, 1.165) is 28.7 Å². The van der Waals surface area contributed by atoms with E-state index in [-0.39, 0.29) is 57.9 Å². The lowest BCUT2D eigenvalue weighted by molar-refractivity contribution is -0.149. The van der Waals surface area contributed by atoms with Crippen molar-refractivity contribution < 1.29 is 33.9 Å². The number of nitrogens with two attached hydrogens (primary N) is 1. The number of rotatable bonds is 9. The number of β-lactam (4-membered cyclic amide) rings is 1. The number of oxime groups is 1. The first kappa shape index (κ1) is 25.2. The van der Waals surface area contributed by atoms with E-state index in [1.165, 1.54) is 17.1 Å². The van der Waals surface area contributed by atoms with E-state index in [9.17, 15) is 24.3 Å². The molecule has 1 fully saturated rings. The molecule has 188 valence electrons. The molecule has 1 saturated heterocycles. The third-order valence-corrected chi connectivity index (χ3v) is 7.07. The molecular weight excluding hydrogens is 510 g/mol. The van der Waals surface area contributed by atoms with Crippen molar-refractivity contribution >= 4 is 57.7 Å². The number of fused-ring (bicyclic) bond motifs is 1. The largest absolute Gasteiger partial charge is 0.477 e. The third kappa shape index (κ3) is 5.49. The van der Waals surface area contributed by atoms with Gasteiger partial charge in [-0.2, -0.15) is 0 Å². The van der Waals surface area contributed by atoms with Gasteiger partial charge in [0.25, 0.3) is 5.91 Å². The summed E-state index contributed by atoms with van der Waals surface area (Å²) in [6, 6.07) is 9.13. The van der Waals surface area contributed by atoms with Gasteiger partial charge in [-0.3, -0.25) is 19.3 Å². The van der Waals surface area contributed by atoms with E-state index in [2.05, 4.69) is 15.5 Å². The van der Waals surface area contributed by atoms with Gasteiger partial charge in [0, 0.05) is 23.6 Å². The van der Waals surface area contributed by atoms with Crippen LogP contribution >= 0.6 is 23.1 Å². The number of aliphatic carboxylic acids is 1. The normalized spacial score (nSPS) is 18.1. The fourth-order valence-electron chi connectivity index (χ4n) is 3.53. The maximum atomic E-state index is 13.3. The van der Waals surface area contributed by atoms with Crippen LogP contribution in [0.2, 0.25) is 0 Å². The van der Waals surface area contributed by atoms with Gasteiger partial charge < -0.3 is 25.7 Å². The summed E-state index contributed by atoms with van der Waals surface area (Å²) in [5, 5.41) is 17.6. The zero-order valence-electron chi connectivity index (χ0n) is 18.9. The number of carboxylic acids is 1. The van der Waals surface area contributed by atoms with Crippen molar-refractivity contribution in [1.29, 1.82) is 0 Å². The van der Waals surface area contributed by atoms with Crippen LogP contribution in [0.1, 0.15) is 24.6 Å². The average molecular weight is 532 g/mol. The second-order valence-corrected chi connectivity index (χ2v) is 9.70. The molecule has 0 saturated carbocycles. The van der Waals surface area contributed by atoms with Gasteiger partial charge in [0.1, 0.15) is 18.0 Å². The van der Waals surface area contributed by atoms with Crippen LogP contribution in [0, 0.1) is 0 Å². The quantitative estimate of drug-likeness (QED) is 0.141. The summed E-state index contributed by atoms with van der Waals surface area (Å²) in [5.41, 5.74) is 6.12. The molecule has 0 radical (unpaired) electrons. The zero-order chi connectivity index (χ0) is 25.8. The summed E-state index contributed by atoms with van der Waals surface area (Å²) in [5.74, 6) is -3.24. The molecule has 0 spiro atoms. The molecule has 2 atom stereocenters. The van der Waals surface area contributed by atoms with Crippen LogP contribution in [0.25, 0.3) is 0 Å². The predicted octanol–water partition coefficient (Wildman–Crippen LogP) is 1.30. The molecule has 0 aliphatic carbocycles. The number of ether oxygens (including phenoxy) is 1. The van der Waals surface area contributed by atoms with Gasteiger partial charge in [-0.1, -0.05) is 35.5 Å². The molecule has 1 unspecified atom stereocenters. The first-order valence-electron chi connectivity index (χ1n) is 10.6. The van der Waals surface area contributed by atoms with Gasteiger partial charge in [0.15, 0.2) is 10.8 Å². The molecule has 12 nitrogen and oxygen atoms in total.